The van der Waals surface area contributed by atoms with Gasteiger partial charge in [-0.3, -0.25) is 20.4 Å². The second-order valence-electron chi connectivity index (χ2n) is 14.8. The van der Waals surface area contributed by atoms with Crippen molar-refractivity contribution in [2.75, 3.05) is 74.8 Å². The van der Waals surface area contributed by atoms with Crippen molar-refractivity contribution in [1.82, 2.24) is 14.5 Å². The minimum absolute atomic E-state index is 0.0292. The Morgan fingerprint density at radius 2 is 1.59 bits per heavy atom. The molecule has 6 rings (SSSR count). The van der Waals surface area contributed by atoms with E-state index >= 15 is 0 Å². The maximum Gasteiger partial charge on any atom is 0.264 e. The number of nitrogens with one attached hydrogen (secondary N) is 3. The summed E-state index contributed by atoms with van der Waals surface area (Å²) in [6, 6.07) is 29.9. The van der Waals surface area contributed by atoms with Crippen LogP contribution in [-0.4, -0.2) is 94.5 Å². The number of benzene rings is 4. The van der Waals surface area contributed by atoms with Crippen LogP contribution >= 0.6 is 23.4 Å². The molecule has 10 nitrogen and oxygen atoms in total. The fraction of sp³-hybridized carbons (Fsp3) is 0.372. The van der Waals surface area contributed by atoms with Crippen LogP contribution in [0.25, 0.3) is 5.57 Å². The van der Waals surface area contributed by atoms with Crippen molar-refractivity contribution in [3.63, 3.8) is 0 Å². The number of halogens is 1. The van der Waals surface area contributed by atoms with Gasteiger partial charge in [0.1, 0.15) is 0 Å². The van der Waals surface area contributed by atoms with Gasteiger partial charge in [0, 0.05) is 65.7 Å². The first-order valence-corrected chi connectivity index (χ1v) is 22.2. The molecule has 0 spiro atoms. The van der Waals surface area contributed by atoms with E-state index in [1.807, 2.05) is 56.6 Å². The Hall–Kier alpha value is -4.04. The number of hydrogen-bond donors (Lipinski definition) is 4. The van der Waals surface area contributed by atoms with E-state index in [2.05, 4.69) is 54.5 Å². The van der Waals surface area contributed by atoms with Crippen molar-refractivity contribution in [2.45, 2.75) is 54.4 Å². The average molecular weight is 818 g/mol. The zero-order valence-electron chi connectivity index (χ0n) is 32.2. The van der Waals surface area contributed by atoms with Crippen LogP contribution in [-0.2, 0) is 10.0 Å². The third-order valence-electron chi connectivity index (χ3n) is 10.4. The minimum Gasteiger partial charge on any atom is -0.380 e. The van der Waals surface area contributed by atoms with E-state index in [1.54, 1.807) is 30.0 Å². The summed E-state index contributed by atoms with van der Waals surface area (Å²) >= 11 is 7.91. The molecule has 56 heavy (non-hydrogen) atoms. The summed E-state index contributed by atoms with van der Waals surface area (Å²) < 4.78 is 29.0. The predicted octanol–water partition coefficient (Wildman–Crippen LogP) is 8.32. The molecule has 0 saturated carbocycles. The van der Waals surface area contributed by atoms with Gasteiger partial charge in [-0.15, -0.1) is 11.8 Å². The molecule has 1 atom stereocenters. The SMILES string of the molecule is CN(C)CC[C@H](CSc1ccccc1)Nc1ccc(S(=O)(=O)NC(=O)c2ccc(N3CCN(CC4=C(c5ccc(Cl)cc5)CCCCC4)CC3)cc2)cc1NO. The second kappa shape index (κ2) is 19.9. The number of hydrogen-bond acceptors (Lipinski definition) is 10. The smallest absolute Gasteiger partial charge is 0.264 e. The lowest BCUT2D eigenvalue weighted by atomic mass is 9.95. The first kappa shape index (κ1) is 41.6. The maximum absolute atomic E-state index is 13.4. The molecule has 298 valence electrons. The van der Waals surface area contributed by atoms with Gasteiger partial charge in [0.25, 0.3) is 15.9 Å². The molecule has 0 aromatic heterocycles. The highest BCUT2D eigenvalue weighted by molar-refractivity contribution is 7.99. The largest absolute Gasteiger partial charge is 0.380 e. The van der Waals surface area contributed by atoms with Gasteiger partial charge in [0.15, 0.2) is 0 Å². The van der Waals surface area contributed by atoms with Crippen molar-refractivity contribution >= 4 is 61.9 Å². The Labute approximate surface area is 341 Å². The van der Waals surface area contributed by atoms with Gasteiger partial charge in [-0.1, -0.05) is 53.9 Å². The average Bonchev–Trinajstić information content (AvgIpc) is 3.45. The van der Waals surface area contributed by atoms with Crippen LogP contribution in [0, 0.1) is 0 Å². The van der Waals surface area contributed by atoms with Crippen LogP contribution < -0.4 is 20.4 Å². The van der Waals surface area contributed by atoms with Gasteiger partial charge in [0.2, 0.25) is 0 Å². The van der Waals surface area contributed by atoms with Crippen LogP contribution in [0.4, 0.5) is 17.1 Å². The Bertz CT molecular complexity index is 2040. The highest BCUT2D eigenvalue weighted by atomic mass is 35.5. The molecule has 0 radical (unpaired) electrons. The molecule has 0 unspecified atom stereocenters. The van der Waals surface area contributed by atoms with E-state index in [-0.39, 0.29) is 22.2 Å². The molecular weight excluding hydrogens is 764 g/mol. The Kier molecular flexibility index (Phi) is 14.8. The van der Waals surface area contributed by atoms with Gasteiger partial charge in [-0.25, -0.2) is 13.1 Å². The van der Waals surface area contributed by atoms with Crippen LogP contribution in [0.5, 0.6) is 0 Å². The molecule has 0 bridgehead atoms. The highest BCUT2D eigenvalue weighted by Crippen LogP contribution is 2.33. The lowest BCUT2D eigenvalue weighted by Gasteiger charge is -2.37. The number of thioether (sulfide) groups is 1. The molecule has 1 aliphatic carbocycles. The predicted molar refractivity (Wildman–Crippen MR) is 231 cm³/mol. The zero-order chi connectivity index (χ0) is 39.5. The van der Waals surface area contributed by atoms with Gasteiger partial charge in [-0.05, 0) is 131 Å². The third kappa shape index (κ3) is 11.5. The summed E-state index contributed by atoms with van der Waals surface area (Å²) in [6.45, 7) is 5.40. The number of amides is 1. The van der Waals surface area contributed by atoms with Crippen LogP contribution in [0.15, 0.2) is 112 Å². The highest BCUT2D eigenvalue weighted by Gasteiger charge is 2.24. The van der Waals surface area contributed by atoms with Crippen molar-refractivity contribution in [3.05, 3.63) is 119 Å². The van der Waals surface area contributed by atoms with Gasteiger partial charge in [0.05, 0.1) is 16.3 Å². The van der Waals surface area contributed by atoms with E-state index in [4.69, 9.17) is 11.6 Å². The first-order valence-electron chi connectivity index (χ1n) is 19.3. The van der Waals surface area contributed by atoms with Crippen LogP contribution in [0.1, 0.15) is 54.4 Å². The molecule has 13 heteroatoms. The first-order chi connectivity index (χ1) is 27.1. The fourth-order valence-electron chi connectivity index (χ4n) is 7.27. The number of carbonyl (C=O) groups excluding carboxylic acids is 1. The Balaban J connectivity index is 1.04. The summed E-state index contributed by atoms with van der Waals surface area (Å²) in [6.07, 6.45) is 6.77. The maximum atomic E-state index is 13.4. The summed E-state index contributed by atoms with van der Waals surface area (Å²) in [5, 5.41) is 14.2. The van der Waals surface area contributed by atoms with Crippen molar-refractivity contribution in [3.8, 4) is 0 Å². The zero-order valence-corrected chi connectivity index (χ0v) is 34.6. The molecule has 1 saturated heterocycles. The number of piperazine rings is 1. The molecule has 1 amide bonds. The van der Waals surface area contributed by atoms with Gasteiger partial charge in [-0.2, -0.15) is 0 Å². The number of sulfonamides is 1. The standard InChI is InChI=1S/C43H53ClN6O4S2/c1-48(2)24-23-36(31-55-38-10-6-4-7-11-38)45-41-22-21-39(29-42(41)46-52)56(53,54)47-43(51)33-15-19-37(20-16-33)50-27-25-49(26-28-50)30-34-9-5-3-8-12-40(34)32-13-17-35(44)18-14-32/h4,6-7,10-11,13-22,29,36,45-46,52H,3,5,8-9,12,23-28,30-31H2,1-2H3,(H,47,51)/t36-/m1/s1. The van der Waals surface area contributed by atoms with Crippen molar-refractivity contribution < 1.29 is 18.4 Å². The minimum atomic E-state index is -4.24. The lowest BCUT2D eigenvalue weighted by molar-refractivity contribution is 0.0981. The topological polar surface area (TPSA) is 117 Å². The molecular formula is C43H53ClN6O4S2. The van der Waals surface area contributed by atoms with Crippen molar-refractivity contribution in [1.29, 1.82) is 0 Å². The third-order valence-corrected chi connectivity index (χ3v) is 13.2. The summed E-state index contributed by atoms with van der Waals surface area (Å²) in [5.41, 5.74) is 8.42. The number of rotatable bonds is 16. The molecule has 2 aliphatic rings. The van der Waals surface area contributed by atoms with E-state index < -0.39 is 15.9 Å². The van der Waals surface area contributed by atoms with E-state index in [0.717, 1.165) is 79.9 Å². The second-order valence-corrected chi connectivity index (χ2v) is 18.0. The molecule has 4 aromatic rings. The summed E-state index contributed by atoms with van der Waals surface area (Å²) in [4.78, 5) is 21.2. The molecule has 4 N–H and O–H groups in total. The monoisotopic (exact) mass is 816 g/mol. The summed E-state index contributed by atoms with van der Waals surface area (Å²) in [5.74, 6) is 0.0377. The number of allylic oxidation sites excluding steroid dienone is 1. The van der Waals surface area contributed by atoms with Gasteiger partial charge < -0.3 is 15.1 Å². The molecule has 1 aliphatic heterocycles. The number of nitrogens with zero attached hydrogens (tertiary/aromatic N) is 3. The van der Waals surface area contributed by atoms with Crippen LogP contribution in [0.3, 0.4) is 0 Å². The van der Waals surface area contributed by atoms with Crippen molar-refractivity contribution in [2.24, 2.45) is 0 Å². The normalized spacial score (nSPS) is 16.1. The Morgan fingerprint density at radius 1 is 0.875 bits per heavy atom. The van der Waals surface area contributed by atoms with E-state index in [1.165, 1.54) is 48.1 Å². The Morgan fingerprint density at radius 3 is 2.29 bits per heavy atom. The molecule has 1 heterocycles. The van der Waals surface area contributed by atoms with Crippen LogP contribution in [0.2, 0.25) is 5.02 Å². The summed E-state index contributed by atoms with van der Waals surface area (Å²) in [7, 11) is -0.210. The molecule has 1 fully saturated rings. The van der Waals surface area contributed by atoms with E-state index in [9.17, 15) is 18.4 Å². The number of anilines is 3. The van der Waals surface area contributed by atoms with E-state index in [0.29, 0.717) is 5.69 Å². The van der Waals surface area contributed by atoms with Gasteiger partial charge >= 0.3 is 0 Å². The fourth-order valence-corrected chi connectivity index (χ4v) is 9.39. The number of carbonyl (C=O) groups is 1. The quantitative estimate of drug-likeness (QED) is 0.0650. The lowest BCUT2D eigenvalue weighted by Crippen LogP contribution is -2.47. The molecule has 4 aromatic carbocycles.